The minimum absolute atomic E-state index is 0.583. The largest absolute Gasteiger partial charge is 0.381 e. The molecule has 1 N–H and O–H groups in total. The number of benzene rings is 2. The number of rotatable bonds is 6. The highest BCUT2D eigenvalue weighted by molar-refractivity contribution is 5.51. The van der Waals surface area contributed by atoms with Gasteiger partial charge in [-0.3, -0.25) is 0 Å². The molecule has 106 valence electrons. The van der Waals surface area contributed by atoms with Crippen LogP contribution in [0.25, 0.3) is 0 Å². The molecule has 2 aromatic carbocycles. The lowest BCUT2D eigenvalue weighted by Crippen LogP contribution is -2.03. The van der Waals surface area contributed by atoms with E-state index in [2.05, 4.69) is 55.6 Å². The van der Waals surface area contributed by atoms with Gasteiger partial charge < -0.3 is 10.1 Å². The molecule has 0 aliphatic carbocycles. The van der Waals surface area contributed by atoms with Crippen LogP contribution < -0.4 is 5.32 Å². The number of methoxy groups -OCH3 is 1. The van der Waals surface area contributed by atoms with Gasteiger partial charge in [-0.25, -0.2) is 0 Å². The van der Waals surface area contributed by atoms with Crippen LogP contribution >= 0.6 is 0 Å². The van der Waals surface area contributed by atoms with Crippen molar-refractivity contribution in [3.8, 4) is 0 Å². The fourth-order valence-electron chi connectivity index (χ4n) is 2.19. The zero-order valence-corrected chi connectivity index (χ0v) is 12.5. The van der Waals surface area contributed by atoms with Crippen LogP contribution in [0.3, 0.4) is 0 Å². The van der Waals surface area contributed by atoms with E-state index in [0.29, 0.717) is 12.5 Å². The van der Waals surface area contributed by atoms with Crippen LogP contribution in [0, 0.1) is 0 Å². The zero-order chi connectivity index (χ0) is 14.4. The van der Waals surface area contributed by atoms with Crippen molar-refractivity contribution >= 4 is 5.69 Å². The summed E-state index contributed by atoms with van der Waals surface area (Å²) in [7, 11) is 1.72. The van der Waals surface area contributed by atoms with Crippen molar-refractivity contribution in [2.45, 2.75) is 32.9 Å². The molecule has 0 aliphatic rings. The summed E-state index contributed by atoms with van der Waals surface area (Å²) in [6.45, 7) is 5.90. The van der Waals surface area contributed by atoms with Gasteiger partial charge in [0.05, 0.1) is 6.61 Å². The van der Waals surface area contributed by atoms with Crippen molar-refractivity contribution in [3.05, 3.63) is 65.2 Å². The Bertz CT molecular complexity index is 531. The Hall–Kier alpha value is -1.80. The van der Waals surface area contributed by atoms with Crippen molar-refractivity contribution < 1.29 is 4.74 Å². The van der Waals surface area contributed by atoms with Crippen molar-refractivity contribution in [2.75, 3.05) is 12.4 Å². The maximum absolute atomic E-state index is 5.22. The van der Waals surface area contributed by atoms with E-state index < -0.39 is 0 Å². The molecule has 0 saturated carbocycles. The Morgan fingerprint density at radius 1 is 1.00 bits per heavy atom. The molecular weight excluding hydrogens is 246 g/mol. The fourth-order valence-corrected chi connectivity index (χ4v) is 2.19. The molecule has 0 fully saturated rings. The first-order valence-corrected chi connectivity index (χ1v) is 7.10. The maximum Gasteiger partial charge on any atom is 0.0733 e. The summed E-state index contributed by atoms with van der Waals surface area (Å²) in [6.07, 6.45) is 0. The highest BCUT2D eigenvalue weighted by atomic mass is 16.5. The first-order chi connectivity index (χ1) is 9.70. The van der Waals surface area contributed by atoms with E-state index in [1.165, 1.54) is 16.7 Å². The molecule has 2 nitrogen and oxygen atoms in total. The van der Waals surface area contributed by atoms with E-state index in [0.717, 1.165) is 12.2 Å². The summed E-state index contributed by atoms with van der Waals surface area (Å²) in [4.78, 5) is 0. The average molecular weight is 269 g/mol. The Kier molecular flexibility index (Phi) is 5.19. The predicted molar refractivity (Wildman–Crippen MR) is 85.0 cm³/mol. The monoisotopic (exact) mass is 269 g/mol. The zero-order valence-electron chi connectivity index (χ0n) is 12.5. The van der Waals surface area contributed by atoms with Gasteiger partial charge in [-0.1, -0.05) is 56.3 Å². The fraction of sp³-hybridized carbons (Fsp3) is 0.333. The molecule has 2 aromatic rings. The minimum Gasteiger partial charge on any atom is -0.381 e. The second-order valence-electron chi connectivity index (χ2n) is 5.34. The van der Waals surface area contributed by atoms with Gasteiger partial charge in [0.1, 0.15) is 0 Å². The molecule has 0 bridgehead atoms. The van der Waals surface area contributed by atoms with Crippen LogP contribution in [0.1, 0.15) is 36.5 Å². The van der Waals surface area contributed by atoms with Gasteiger partial charge in [0, 0.05) is 24.9 Å². The molecule has 0 amide bonds. The third kappa shape index (κ3) is 3.84. The molecule has 0 unspecified atom stereocenters. The molecule has 0 spiro atoms. The first-order valence-electron chi connectivity index (χ1n) is 7.10. The summed E-state index contributed by atoms with van der Waals surface area (Å²) in [5, 5.41) is 3.48. The number of hydrogen-bond donors (Lipinski definition) is 1. The quantitative estimate of drug-likeness (QED) is 0.829. The molecule has 0 aliphatic heterocycles. The standard InChI is InChI=1S/C18H23NO/c1-14(2)16-10-8-15(9-11-16)12-19-18-7-5-4-6-17(18)13-20-3/h4-11,14,19H,12-13H2,1-3H3. The number of para-hydroxylation sites is 1. The number of nitrogens with one attached hydrogen (secondary N) is 1. The Morgan fingerprint density at radius 3 is 2.35 bits per heavy atom. The van der Waals surface area contributed by atoms with Crippen LogP contribution in [0.15, 0.2) is 48.5 Å². The summed E-state index contributed by atoms with van der Waals surface area (Å²) in [5.41, 5.74) is 5.01. The molecule has 0 radical (unpaired) electrons. The molecule has 2 heteroatoms. The van der Waals surface area contributed by atoms with E-state index in [-0.39, 0.29) is 0 Å². The molecule has 0 saturated heterocycles. The van der Waals surface area contributed by atoms with Gasteiger partial charge in [-0.2, -0.15) is 0 Å². The lowest BCUT2D eigenvalue weighted by atomic mass is 10.0. The smallest absolute Gasteiger partial charge is 0.0733 e. The summed E-state index contributed by atoms with van der Waals surface area (Å²) < 4.78 is 5.22. The molecular formula is C18H23NO. The minimum atomic E-state index is 0.583. The molecule has 0 heterocycles. The third-order valence-electron chi connectivity index (χ3n) is 3.45. The van der Waals surface area contributed by atoms with Gasteiger partial charge in [0.15, 0.2) is 0 Å². The molecule has 0 aromatic heterocycles. The predicted octanol–water partition coefficient (Wildman–Crippen LogP) is 4.57. The summed E-state index contributed by atoms with van der Waals surface area (Å²) in [5.74, 6) is 0.583. The lowest BCUT2D eigenvalue weighted by Gasteiger charge is -2.12. The van der Waals surface area contributed by atoms with E-state index in [9.17, 15) is 0 Å². The Balaban J connectivity index is 2.01. The molecule has 2 rings (SSSR count). The van der Waals surface area contributed by atoms with Gasteiger partial charge in [0.2, 0.25) is 0 Å². The van der Waals surface area contributed by atoms with Crippen molar-refractivity contribution in [2.24, 2.45) is 0 Å². The SMILES string of the molecule is COCc1ccccc1NCc1ccc(C(C)C)cc1. The normalized spacial score (nSPS) is 10.8. The highest BCUT2D eigenvalue weighted by Gasteiger charge is 2.02. The van der Waals surface area contributed by atoms with E-state index in [1.54, 1.807) is 7.11 Å². The summed E-state index contributed by atoms with van der Waals surface area (Å²) >= 11 is 0. The van der Waals surface area contributed by atoms with E-state index in [1.807, 2.05) is 12.1 Å². The van der Waals surface area contributed by atoms with Crippen LogP contribution in [0.2, 0.25) is 0 Å². The topological polar surface area (TPSA) is 21.3 Å². The van der Waals surface area contributed by atoms with Crippen molar-refractivity contribution in [1.29, 1.82) is 0 Å². The van der Waals surface area contributed by atoms with Gasteiger partial charge in [-0.05, 0) is 23.1 Å². The van der Waals surface area contributed by atoms with Gasteiger partial charge >= 0.3 is 0 Å². The number of hydrogen-bond acceptors (Lipinski definition) is 2. The highest BCUT2D eigenvalue weighted by Crippen LogP contribution is 2.18. The second-order valence-corrected chi connectivity index (χ2v) is 5.34. The Labute approximate surface area is 121 Å². The van der Waals surface area contributed by atoms with Gasteiger partial charge in [-0.15, -0.1) is 0 Å². The van der Waals surface area contributed by atoms with Crippen molar-refractivity contribution in [1.82, 2.24) is 0 Å². The van der Waals surface area contributed by atoms with E-state index in [4.69, 9.17) is 4.74 Å². The van der Waals surface area contributed by atoms with Crippen LogP contribution in [0.5, 0.6) is 0 Å². The lowest BCUT2D eigenvalue weighted by molar-refractivity contribution is 0.185. The number of anilines is 1. The molecule has 20 heavy (non-hydrogen) atoms. The molecule has 0 atom stereocenters. The summed E-state index contributed by atoms with van der Waals surface area (Å²) in [6, 6.07) is 17.1. The maximum atomic E-state index is 5.22. The van der Waals surface area contributed by atoms with Gasteiger partial charge in [0.25, 0.3) is 0 Å². The number of ether oxygens (including phenoxy) is 1. The first kappa shape index (κ1) is 14.6. The van der Waals surface area contributed by atoms with Crippen LogP contribution in [0.4, 0.5) is 5.69 Å². The second kappa shape index (κ2) is 7.11. The van der Waals surface area contributed by atoms with Crippen molar-refractivity contribution in [3.63, 3.8) is 0 Å². The van der Waals surface area contributed by atoms with Crippen LogP contribution in [-0.4, -0.2) is 7.11 Å². The average Bonchev–Trinajstić information content (AvgIpc) is 2.47. The Morgan fingerprint density at radius 2 is 1.70 bits per heavy atom. The third-order valence-corrected chi connectivity index (χ3v) is 3.45. The van der Waals surface area contributed by atoms with Crippen LogP contribution in [-0.2, 0) is 17.9 Å². The van der Waals surface area contributed by atoms with E-state index >= 15 is 0 Å².